The van der Waals surface area contributed by atoms with Crippen molar-refractivity contribution in [3.05, 3.63) is 59.8 Å². The first-order valence-corrected chi connectivity index (χ1v) is 9.44. The third-order valence-corrected chi connectivity index (χ3v) is 5.41. The average molecular weight is 348 g/mol. The summed E-state index contributed by atoms with van der Waals surface area (Å²) in [6.45, 7) is 11.0. The number of hydrogen-bond donors (Lipinski definition) is 2. The number of aromatic amines is 1. The molecule has 0 radical (unpaired) electrons. The van der Waals surface area contributed by atoms with Gasteiger partial charge < -0.3 is 15.0 Å². The van der Waals surface area contributed by atoms with Crippen LogP contribution in [0.3, 0.4) is 0 Å². The number of H-pyrrole nitrogens is 1. The second-order valence-electron chi connectivity index (χ2n) is 8.64. The summed E-state index contributed by atoms with van der Waals surface area (Å²) in [5.74, 6) is 0.922. The highest BCUT2D eigenvalue weighted by Gasteiger charge is 2.42. The molecule has 1 aliphatic rings. The minimum absolute atomic E-state index is 0.00340. The molecule has 2 aromatic carbocycles. The summed E-state index contributed by atoms with van der Waals surface area (Å²) >= 11 is 0. The van der Waals surface area contributed by atoms with E-state index in [2.05, 4.69) is 93.6 Å². The third kappa shape index (κ3) is 2.76. The van der Waals surface area contributed by atoms with Crippen molar-refractivity contribution in [3.63, 3.8) is 0 Å². The Balaban J connectivity index is 1.89. The van der Waals surface area contributed by atoms with Crippen molar-refractivity contribution in [2.75, 3.05) is 5.32 Å². The Kier molecular flexibility index (Phi) is 3.80. The summed E-state index contributed by atoms with van der Waals surface area (Å²) in [4.78, 5) is 3.46. The number of hydrogen-bond acceptors (Lipinski definition) is 2. The van der Waals surface area contributed by atoms with Crippen LogP contribution in [0.15, 0.2) is 48.7 Å². The molecule has 26 heavy (non-hydrogen) atoms. The fourth-order valence-electron chi connectivity index (χ4n) is 4.61. The average Bonchev–Trinajstić information content (AvgIpc) is 2.97. The number of aromatic nitrogens is 1. The van der Waals surface area contributed by atoms with Crippen LogP contribution in [0.5, 0.6) is 5.75 Å². The number of ether oxygens (including phenoxy) is 1. The molecule has 0 unspecified atom stereocenters. The number of nitrogens with one attached hydrogen (secondary N) is 2. The van der Waals surface area contributed by atoms with Crippen molar-refractivity contribution in [3.8, 4) is 5.75 Å². The van der Waals surface area contributed by atoms with Gasteiger partial charge in [0.25, 0.3) is 0 Å². The molecule has 136 valence electrons. The first kappa shape index (κ1) is 17.0. The lowest BCUT2D eigenvalue weighted by molar-refractivity contribution is 0.242. The van der Waals surface area contributed by atoms with Gasteiger partial charge in [0.15, 0.2) is 0 Å². The van der Waals surface area contributed by atoms with Gasteiger partial charge in [0.1, 0.15) is 5.75 Å². The highest BCUT2D eigenvalue weighted by molar-refractivity contribution is 5.85. The van der Waals surface area contributed by atoms with E-state index in [1.165, 1.54) is 27.7 Å². The molecule has 0 amide bonds. The van der Waals surface area contributed by atoms with Gasteiger partial charge >= 0.3 is 0 Å². The predicted molar refractivity (Wildman–Crippen MR) is 109 cm³/mol. The van der Waals surface area contributed by atoms with Crippen LogP contribution >= 0.6 is 0 Å². The summed E-state index contributed by atoms with van der Waals surface area (Å²) in [7, 11) is 0. The number of fused-ring (bicyclic) bond motifs is 2. The van der Waals surface area contributed by atoms with Crippen molar-refractivity contribution >= 4 is 16.6 Å². The zero-order valence-electron chi connectivity index (χ0n) is 16.3. The first-order chi connectivity index (χ1) is 12.3. The zero-order chi connectivity index (χ0) is 18.5. The maximum Gasteiger partial charge on any atom is 0.121 e. The van der Waals surface area contributed by atoms with Crippen LogP contribution in [0.1, 0.15) is 52.2 Å². The Morgan fingerprint density at radius 3 is 2.54 bits per heavy atom. The van der Waals surface area contributed by atoms with E-state index in [0.717, 1.165) is 12.2 Å². The van der Waals surface area contributed by atoms with Crippen LogP contribution in [0.4, 0.5) is 5.69 Å². The quantitative estimate of drug-likeness (QED) is 0.622. The molecule has 3 aromatic rings. The topological polar surface area (TPSA) is 37.0 Å². The fourth-order valence-corrected chi connectivity index (χ4v) is 4.61. The molecule has 4 rings (SSSR count). The lowest BCUT2D eigenvalue weighted by Crippen LogP contribution is -2.45. The van der Waals surface area contributed by atoms with Crippen molar-refractivity contribution < 1.29 is 4.74 Å². The minimum Gasteiger partial charge on any atom is -0.491 e. The number of benzene rings is 2. The molecule has 0 spiro atoms. The molecule has 2 heterocycles. The molecule has 0 saturated heterocycles. The van der Waals surface area contributed by atoms with Crippen LogP contribution < -0.4 is 10.1 Å². The molecule has 0 saturated carbocycles. The van der Waals surface area contributed by atoms with Gasteiger partial charge in [-0.15, -0.1) is 0 Å². The molecular weight excluding hydrogens is 320 g/mol. The molecular formula is C23H28N2O. The highest BCUT2D eigenvalue weighted by Crippen LogP contribution is 2.49. The lowest BCUT2D eigenvalue weighted by atomic mass is 9.66. The van der Waals surface area contributed by atoms with E-state index in [-0.39, 0.29) is 17.1 Å². The van der Waals surface area contributed by atoms with Crippen molar-refractivity contribution in [2.24, 2.45) is 0 Å². The van der Waals surface area contributed by atoms with Crippen molar-refractivity contribution in [1.29, 1.82) is 0 Å². The maximum atomic E-state index is 5.93. The Bertz CT molecular complexity index is 954. The van der Waals surface area contributed by atoms with Gasteiger partial charge in [-0.3, -0.25) is 0 Å². The Labute approximate surface area is 155 Å². The van der Waals surface area contributed by atoms with E-state index >= 15 is 0 Å². The normalized spacial score (nSPS) is 21.5. The first-order valence-electron chi connectivity index (χ1n) is 9.44. The van der Waals surface area contributed by atoms with Crippen LogP contribution in [0, 0.1) is 0 Å². The van der Waals surface area contributed by atoms with Gasteiger partial charge in [-0.2, -0.15) is 0 Å². The molecule has 3 nitrogen and oxygen atoms in total. The van der Waals surface area contributed by atoms with Gasteiger partial charge in [0.05, 0.1) is 6.10 Å². The van der Waals surface area contributed by atoms with E-state index in [1.54, 1.807) is 0 Å². The minimum atomic E-state index is -0.0694. The second-order valence-corrected chi connectivity index (χ2v) is 8.64. The van der Waals surface area contributed by atoms with E-state index in [1.807, 2.05) is 0 Å². The van der Waals surface area contributed by atoms with Gasteiger partial charge in [0, 0.05) is 39.8 Å². The zero-order valence-corrected chi connectivity index (χ0v) is 16.3. The van der Waals surface area contributed by atoms with Gasteiger partial charge in [-0.1, -0.05) is 31.2 Å². The Hall–Kier alpha value is -2.42. The van der Waals surface area contributed by atoms with E-state index < -0.39 is 0 Å². The summed E-state index contributed by atoms with van der Waals surface area (Å²) in [6, 6.07) is 15.1. The largest absolute Gasteiger partial charge is 0.491 e. The molecule has 3 heteroatoms. The standard InChI is InChI=1S/C23H28N2O/c1-15(2)26-16-10-11-18-21(12-16)25-22(3,4)14-23(18,5)19-13-24-20-9-7-6-8-17(19)20/h6-13,15,24-25H,14H2,1-5H3/t23-/m0/s1. The van der Waals surface area contributed by atoms with Crippen LogP contribution in [-0.2, 0) is 5.41 Å². The highest BCUT2D eigenvalue weighted by atomic mass is 16.5. The molecule has 1 aliphatic heterocycles. The molecule has 0 bridgehead atoms. The summed E-state index contributed by atoms with van der Waals surface area (Å²) in [5, 5.41) is 5.03. The Morgan fingerprint density at radius 1 is 1.00 bits per heavy atom. The van der Waals surface area contributed by atoms with Gasteiger partial charge in [-0.05, 0) is 57.4 Å². The third-order valence-electron chi connectivity index (χ3n) is 5.41. The van der Waals surface area contributed by atoms with Crippen LogP contribution in [-0.4, -0.2) is 16.6 Å². The second kappa shape index (κ2) is 5.80. The fraction of sp³-hybridized carbons (Fsp3) is 0.391. The number of para-hydroxylation sites is 1. The number of rotatable bonds is 3. The van der Waals surface area contributed by atoms with Gasteiger partial charge in [0.2, 0.25) is 0 Å². The van der Waals surface area contributed by atoms with Crippen molar-refractivity contribution in [1.82, 2.24) is 4.98 Å². The predicted octanol–water partition coefficient (Wildman–Crippen LogP) is 5.86. The monoisotopic (exact) mass is 348 g/mol. The summed E-state index contributed by atoms with van der Waals surface area (Å²) < 4.78 is 5.93. The molecule has 0 aliphatic carbocycles. The number of anilines is 1. The molecule has 1 atom stereocenters. The van der Waals surface area contributed by atoms with E-state index in [4.69, 9.17) is 4.74 Å². The van der Waals surface area contributed by atoms with E-state index in [0.29, 0.717) is 0 Å². The molecule has 1 aromatic heterocycles. The Morgan fingerprint density at radius 2 is 1.77 bits per heavy atom. The van der Waals surface area contributed by atoms with Crippen molar-refractivity contribution in [2.45, 2.75) is 58.1 Å². The summed E-state index contributed by atoms with van der Waals surface area (Å²) in [5.41, 5.74) is 4.99. The summed E-state index contributed by atoms with van der Waals surface area (Å²) in [6.07, 6.45) is 3.39. The smallest absolute Gasteiger partial charge is 0.121 e. The molecule has 0 fully saturated rings. The SMILES string of the molecule is CC(C)Oc1ccc2c(c1)NC(C)(C)C[C@]2(C)c1c[nH]c2ccccc12. The van der Waals surface area contributed by atoms with Crippen LogP contribution in [0.25, 0.3) is 10.9 Å². The van der Waals surface area contributed by atoms with Gasteiger partial charge in [-0.25, -0.2) is 0 Å². The molecule has 2 N–H and O–H groups in total. The lowest BCUT2D eigenvalue weighted by Gasteiger charge is -2.45. The van der Waals surface area contributed by atoms with E-state index in [9.17, 15) is 0 Å². The maximum absolute atomic E-state index is 5.93. The van der Waals surface area contributed by atoms with Crippen LogP contribution in [0.2, 0.25) is 0 Å².